The monoisotopic (exact) mass is 426 g/mol. The molecular weight excluding hydrogens is 395 g/mol. The highest BCUT2D eigenvalue weighted by atomic mass is 127. The summed E-state index contributed by atoms with van der Waals surface area (Å²) >= 11 is 2.38. The molecule has 0 bridgehead atoms. The summed E-state index contributed by atoms with van der Waals surface area (Å²) < 4.78 is 6.66. The molecule has 0 unspecified atom stereocenters. The molecule has 1 aromatic rings. The minimum Gasteiger partial charge on any atom is -0.364 e. The van der Waals surface area contributed by atoms with E-state index in [9.17, 15) is 0 Å². The van der Waals surface area contributed by atoms with E-state index < -0.39 is 0 Å². The third kappa shape index (κ3) is 11.6. The Bertz CT molecular complexity index is 441. The van der Waals surface area contributed by atoms with Gasteiger partial charge in [-0.25, -0.2) is 0 Å². The van der Waals surface area contributed by atoms with Gasteiger partial charge in [-0.3, -0.25) is 0 Å². The van der Waals surface area contributed by atoms with Crippen molar-refractivity contribution < 1.29 is 4.74 Å². The van der Waals surface area contributed by atoms with Crippen LogP contribution in [0.1, 0.15) is 75.8 Å². The number of ether oxygens (including phenoxy) is 1. The van der Waals surface area contributed by atoms with Gasteiger partial charge >= 0.3 is 0 Å². The molecule has 0 heterocycles. The van der Waals surface area contributed by atoms with Gasteiger partial charge < -0.3 is 4.74 Å². The number of halogens is 1. The fourth-order valence-electron chi connectivity index (χ4n) is 2.43. The number of alkyl halides is 1. The van der Waals surface area contributed by atoms with Gasteiger partial charge in [0.25, 0.3) is 0 Å². The summed E-state index contributed by atoms with van der Waals surface area (Å²) in [5.41, 5.74) is 2.59. The van der Waals surface area contributed by atoms with Gasteiger partial charge in [0.1, 0.15) is 6.61 Å². The molecule has 0 aliphatic heterocycles. The van der Waals surface area contributed by atoms with Gasteiger partial charge in [0.2, 0.25) is 0 Å². The van der Waals surface area contributed by atoms with Crippen LogP contribution >= 0.6 is 22.6 Å². The smallest absolute Gasteiger partial charge is 0.108 e. The molecule has 0 atom stereocenters. The van der Waals surface area contributed by atoms with Gasteiger partial charge in [-0.1, -0.05) is 105 Å². The first-order valence-electron chi connectivity index (χ1n) is 9.04. The van der Waals surface area contributed by atoms with Crippen molar-refractivity contribution in [3.63, 3.8) is 0 Å². The third-order valence-corrected chi connectivity index (χ3v) is 4.78. The topological polar surface area (TPSA) is 9.23 Å². The minimum absolute atomic E-state index is 0.547. The van der Waals surface area contributed by atoms with Crippen LogP contribution in [0.3, 0.4) is 0 Å². The van der Waals surface area contributed by atoms with Crippen LogP contribution in [-0.4, -0.2) is 6.61 Å². The van der Waals surface area contributed by atoms with E-state index in [0.29, 0.717) is 13.2 Å². The molecule has 0 fully saturated rings. The molecule has 0 radical (unpaired) electrons. The molecule has 1 nitrogen and oxygen atoms in total. The molecule has 0 amide bonds. The van der Waals surface area contributed by atoms with Gasteiger partial charge in [0, 0.05) is 10.8 Å². The summed E-state index contributed by atoms with van der Waals surface area (Å²) in [5, 5.41) is 0. The standard InChI is InChI=1S/C21H31IO/c1-2-3-4-5-6-7-8-9-10-11-12-17-23-19-21-15-13-20(18-22)14-16-21/h13-16H,2-10,17-19H2,1H3. The van der Waals surface area contributed by atoms with Crippen LogP contribution in [0.15, 0.2) is 24.3 Å². The van der Waals surface area contributed by atoms with E-state index in [-0.39, 0.29) is 0 Å². The van der Waals surface area contributed by atoms with Crippen molar-refractivity contribution in [1.29, 1.82) is 0 Å². The first-order valence-corrected chi connectivity index (χ1v) is 10.6. The highest BCUT2D eigenvalue weighted by Crippen LogP contribution is 2.10. The molecule has 0 saturated carbocycles. The number of hydrogen-bond acceptors (Lipinski definition) is 1. The Morgan fingerprint density at radius 3 is 2.09 bits per heavy atom. The zero-order valence-electron chi connectivity index (χ0n) is 14.6. The van der Waals surface area contributed by atoms with Crippen molar-refractivity contribution in [2.24, 2.45) is 0 Å². The molecule has 0 spiro atoms. The lowest BCUT2D eigenvalue weighted by Crippen LogP contribution is -1.93. The van der Waals surface area contributed by atoms with Gasteiger partial charge in [-0.05, 0) is 17.5 Å². The summed E-state index contributed by atoms with van der Waals surface area (Å²) in [6.07, 6.45) is 11.9. The number of rotatable bonds is 12. The van der Waals surface area contributed by atoms with Crippen molar-refractivity contribution >= 4 is 22.6 Å². The second kappa shape index (κ2) is 15.0. The Balaban J connectivity index is 1.93. The van der Waals surface area contributed by atoms with E-state index in [1.54, 1.807) is 0 Å². The molecule has 128 valence electrons. The largest absolute Gasteiger partial charge is 0.364 e. The predicted octanol–water partition coefficient (Wildman–Crippen LogP) is 6.67. The van der Waals surface area contributed by atoms with Crippen LogP contribution in [0.4, 0.5) is 0 Å². The normalized spacial score (nSPS) is 10.3. The van der Waals surface area contributed by atoms with Gasteiger partial charge in [-0.15, -0.1) is 5.92 Å². The number of hydrogen-bond donors (Lipinski definition) is 0. The molecule has 0 N–H and O–H groups in total. The summed E-state index contributed by atoms with van der Waals surface area (Å²) in [7, 11) is 0. The zero-order chi connectivity index (χ0) is 16.6. The highest BCUT2D eigenvalue weighted by molar-refractivity contribution is 14.1. The van der Waals surface area contributed by atoms with E-state index in [0.717, 1.165) is 10.8 Å². The second-order valence-electron chi connectivity index (χ2n) is 6.02. The lowest BCUT2D eigenvalue weighted by atomic mass is 10.1. The van der Waals surface area contributed by atoms with Crippen molar-refractivity contribution in [2.75, 3.05) is 6.61 Å². The van der Waals surface area contributed by atoms with Crippen LogP contribution in [0, 0.1) is 11.8 Å². The first-order chi connectivity index (χ1) is 11.4. The maximum Gasteiger partial charge on any atom is 0.108 e. The zero-order valence-corrected chi connectivity index (χ0v) is 16.7. The quantitative estimate of drug-likeness (QED) is 0.157. The van der Waals surface area contributed by atoms with Gasteiger partial charge in [0.15, 0.2) is 0 Å². The number of unbranched alkanes of at least 4 members (excludes halogenated alkanes) is 8. The lowest BCUT2D eigenvalue weighted by Gasteiger charge is -2.02. The van der Waals surface area contributed by atoms with Crippen molar-refractivity contribution in [3.05, 3.63) is 35.4 Å². The molecule has 1 aromatic carbocycles. The van der Waals surface area contributed by atoms with E-state index in [4.69, 9.17) is 4.74 Å². The summed E-state index contributed by atoms with van der Waals surface area (Å²) in [6, 6.07) is 8.61. The predicted molar refractivity (Wildman–Crippen MR) is 109 cm³/mol. The Morgan fingerprint density at radius 1 is 0.826 bits per heavy atom. The van der Waals surface area contributed by atoms with Crippen LogP contribution in [0.5, 0.6) is 0 Å². The van der Waals surface area contributed by atoms with Crippen LogP contribution < -0.4 is 0 Å². The Morgan fingerprint density at radius 2 is 1.43 bits per heavy atom. The molecule has 23 heavy (non-hydrogen) atoms. The van der Waals surface area contributed by atoms with Crippen molar-refractivity contribution in [2.45, 2.75) is 75.7 Å². The Hall–Kier alpha value is -0.530. The lowest BCUT2D eigenvalue weighted by molar-refractivity contribution is 0.153. The summed E-state index contributed by atoms with van der Waals surface area (Å²) in [5.74, 6) is 6.35. The average Bonchev–Trinajstić information content (AvgIpc) is 2.59. The molecule has 0 aliphatic carbocycles. The molecular formula is C21H31IO. The molecule has 0 aliphatic rings. The maximum absolute atomic E-state index is 5.60. The van der Waals surface area contributed by atoms with Crippen molar-refractivity contribution in [1.82, 2.24) is 0 Å². The molecule has 0 aromatic heterocycles. The van der Waals surface area contributed by atoms with E-state index >= 15 is 0 Å². The number of benzene rings is 1. The fourth-order valence-corrected chi connectivity index (χ4v) is 2.94. The van der Waals surface area contributed by atoms with Crippen LogP contribution in [-0.2, 0) is 15.8 Å². The third-order valence-electron chi connectivity index (χ3n) is 3.90. The second-order valence-corrected chi connectivity index (χ2v) is 6.78. The highest BCUT2D eigenvalue weighted by Gasteiger charge is 1.93. The summed E-state index contributed by atoms with van der Waals surface area (Å²) in [4.78, 5) is 0. The van der Waals surface area contributed by atoms with Crippen LogP contribution in [0.25, 0.3) is 0 Å². The van der Waals surface area contributed by atoms with E-state index in [1.807, 2.05) is 0 Å². The molecule has 0 saturated heterocycles. The fraction of sp³-hybridized carbons (Fsp3) is 0.619. The minimum atomic E-state index is 0.547. The van der Waals surface area contributed by atoms with Gasteiger partial charge in [0.05, 0.1) is 6.61 Å². The Labute approximate surface area is 156 Å². The van der Waals surface area contributed by atoms with E-state index in [1.165, 1.54) is 62.5 Å². The molecule has 2 heteroatoms. The first kappa shape index (κ1) is 20.5. The van der Waals surface area contributed by atoms with Crippen LogP contribution in [0.2, 0.25) is 0 Å². The van der Waals surface area contributed by atoms with Crippen molar-refractivity contribution in [3.8, 4) is 11.8 Å². The SMILES string of the molecule is CCCCCCCCCCC#CCOCc1ccc(CI)cc1. The maximum atomic E-state index is 5.60. The Kier molecular flexibility index (Phi) is 13.4. The molecule has 1 rings (SSSR count). The van der Waals surface area contributed by atoms with Gasteiger partial charge in [-0.2, -0.15) is 0 Å². The summed E-state index contributed by atoms with van der Waals surface area (Å²) in [6.45, 7) is 3.48. The van der Waals surface area contributed by atoms with E-state index in [2.05, 4.69) is 65.6 Å². The average molecular weight is 426 g/mol.